The zero-order chi connectivity index (χ0) is 4.28. The van der Waals surface area contributed by atoms with Gasteiger partial charge in [-0.25, -0.2) is 0 Å². The van der Waals surface area contributed by atoms with Crippen LogP contribution in [0.25, 0.3) is 0 Å². The van der Waals surface area contributed by atoms with Crippen molar-refractivity contribution >= 4 is 86.2 Å². The van der Waals surface area contributed by atoms with E-state index < -0.39 is 0 Å². The summed E-state index contributed by atoms with van der Waals surface area (Å²) in [5.74, 6) is 0. The summed E-state index contributed by atoms with van der Waals surface area (Å²) in [5.41, 5.74) is 1.09. The molecule has 0 aliphatic carbocycles. The summed E-state index contributed by atoms with van der Waals surface area (Å²) in [5, 5.41) is 0. The average molecular weight is 366 g/mol. The van der Waals surface area contributed by atoms with Gasteiger partial charge in [-0.2, -0.15) is 0 Å². The Hall–Kier alpha value is 2.93. The van der Waals surface area contributed by atoms with Gasteiger partial charge in [-0.1, -0.05) is 34.8 Å². The number of hydrogen-bond acceptors (Lipinski definition) is 0. The molecule has 0 bridgehead atoms. The minimum atomic E-state index is 0. The van der Waals surface area contributed by atoms with Crippen LogP contribution in [-0.2, 0) is 21.1 Å². The Kier molecular flexibility index (Phi) is 27.6. The van der Waals surface area contributed by atoms with Crippen molar-refractivity contribution in [1.82, 2.24) is 0 Å². The van der Waals surface area contributed by atoms with Gasteiger partial charge in [0, 0.05) is 78.0 Å². The normalized spacial score (nSPS) is 5.00. The topological polar surface area (TPSA) is 0 Å². The first-order valence-corrected chi connectivity index (χ1v) is 2.08. The molecule has 0 rings (SSSR count). The molecule has 0 fully saturated rings. The van der Waals surface area contributed by atoms with E-state index in [9.17, 15) is 0 Å². The monoisotopic (exact) mass is 364 g/mol. The summed E-state index contributed by atoms with van der Waals surface area (Å²) < 4.78 is 0.0895. The van der Waals surface area contributed by atoms with Crippen molar-refractivity contribution in [2.45, 2.75) is 0 Å². The van der Waals surface area contributed by atoms with E-state index in [1.54, 1.807) is 0 Å². The van der Waals surface area contributed by atoms with Gasteiger partial charge >= 0.3 is 0 Å². The van der Waals surface area contributed by atoms with Crippen molar-refractivity contribution in [3.05, 3.63) is 10.0 Å². The average Bonchev–Trinajstić information content (AvgIpc) is 1.38. The quantitative estimate of drug-likeness (QED) is 0.577. The van der Waals surface area contributed by atoms with Crippen molar-refractivity contribution in [1.29, 1.82) is 0 Å². The third-order valence-electron chi connectivity index (χ3n) is 0.0825. The number of hydrogen-bond donors (Lipinski definition) is 0. The van der Waals surface area contributed by atoms with E-state index >= 15 is 0 Å². The molecular weight excluding hydrogens is 365 g/mol. The first kappa shape index (κ1) is 16.5. The first-order chi connectivity index (χ1) is 2.27. The minimum Gasteiger partial charge on any atom is -0.0904 e. The van der Waals surface area contributed by atoms with Crippen molar-refractivity contribution in [2.24, 2.45) is 0 Å². The third kappa shape index (κ3) is 17.6. The zero-order valence-electron chi connectivity index (χ0n) is 3.53. The molecule has 0 aliphatic rings. The first-order valence-electron chi connectivity index (χ1n) is 0.885. The molecule has 0 aromatic rings. The van der Waals surface area contributed by atoms with Crippen LogP contribution < -0.4 is 0 Å². The van der Waals surface area contributed by atoms with Crippen molar-refractivity contribution in [3.63, 3.8) is 0 Å². The molecular formula is C2HCl3KPt. The van der Waals surface area contributed by atoms with Crippen molar-refractivity contribution < 1.29 is 21.1 Å². The van der Waals surface area contributed by atoms with E-state index in [-0.39, 0.29) is 76.9 Å². The van der Waals surface area contributed by atoms with E-state index in [1.165, 1.54) is 0 Å². The van der Waals surface area contributed by atoms with Gasteiger partial charge < -0.3 is 0 Å². The van der Waals surface area contributed by atoms with Crippen LogP contribution >= 0.6 is 34.8 Å². The van der Waals surface area contributed by atoms with Crippen LogP contribution in [-0.4, -0.2) is 51.4 Å². The summed E-state index contributed by atoms with van der Waals surface area (Å²) in [4.78, 5) is 0. The van der Waals surface area contributed by atoms with Gasteiger partial charge in [0.15, 0.2) is 0 Å². The molecule has 0 spiro atoms. The fourth-order valence-electron chi connectivity index (χ4n) is 0. The molecule has 0 aromatic carbocycles. The molecule has 0 atom stereocenters. The van der Waals surface area contributed by atoms with E-state index in [0.29, 0.717) is 0 Å². The van der Waals surface area contributed by atoms with E-state index in [1.807, 2.05) is 0 Å². The second kappa shape index (κ2) is 11.7. The molecule has 0 aromatic heterocycles. The van der Waals surface area contributed by atoms with Crippen LogP contribution in [0.2, 0.25) is 0 Å². The van der Waals surface area contributed by atoms with Gasteiger partial charge in [0.05, 0.1) is 0 Å². The molecule has 0 heterocycles. The van der Waals surface area contributed by atoms with Crippen molar-refractivity contribution in [2.75, 3.05) is 0 Å². The molecule has 5 heteroatoms. The van der Waals surface area contributed by atoms with E-state index in [0.717, 1.165) is 5.54 Å². The molecule has 1 radical (unpaired) electrons. The van der Waals surface area contributed by atoms with Crippen LogP contribution in [0.1, 0.15) is 0 Å². The fourth-order valence-corrected chi connectivity index (χ4v) is 0. The fraction of sp³-hybridized carbons (Fsp3) is 0. The van der Waals surface area contributed by atoms with E-state index in [2.05, 4.69) is 0 Å². The van der Waals surface area contributed by atoms with Gasteiger partial charge in [0.25, 0.3) is 0 Å². The molecule has 0 aliphatic heterocycles. The molecule has 0 saturated carbocycles. The summed E-state index contributed by atoms with van der Waals surface area (Å²) >= 11 is 14.8. The zero-order valence-corrected chi connectivity index (χ0v) is 11.2. The van der Waals surface area contributed by atoms with E-state index in [4.69, 9.17) is 34.8 Å². The predicted molar refractivity (Wildman–Crippen MR) is 31.4 cm³/mol. The van der Waals surface area contributed by atoms with Gasteiger partial charge in [0.1, 0.15) is 4.49 Å². The van der Waals surface area contributed by atoms with Crippen LogP contribution in [0.3, 0.4) is 0 Å². The van der Waals surface area contributed by atoms with Crippen molar-refractivity contribution in [3.8, 4) is 0 Å². The van der Waals surface area contributed by atoms with Gasteiger partial charge in [-0.15, -0.1) is 0 Å². The summed E-state index contributed by atoms with van der Waals surface area (Å²) in [7, 11) is 0. The predicted octanol–water partition coefficient (Wildman–Crippen LogP) is 2.12. The summed E-state index contributed by atoms with van der Waals surface area (Å²) in [6, 6.07) is 0. The molecule has 0 amide bonds. The Labute approximate surface area is 115 Å². The Morgan fingerprint density at radius 3 is 1.43 bits per heavy atom. The SMILES string of the molecule is ClC=C(Cl)Cl.[K].[Pt]. The maximum absolute atomic E-state index is 4.96. The molecule has 0 saturated heterocycles. The Morgan fingerprint density at radius 2 is 1.43 bits per heavy atom. The maximum atomic E-state index is 4.96. The largest absolute Gasteiger partial charge is 0.118 e. The molecule has 7 heavy (non-hydrogen) atoms. The standard InChI is InChI=1S/C2HCl3.K.Pt/c3-1-2(4)5;;/h1H;;. The smallest absolute Gasteiger partial charge is 0.0904 e. The van der Waals surface area contributed by atoms with Gasteiger partial charge in [0.2, 0.25) is 0 Å². The van der Waals surface area contributed by atoms with Crippen LogP contribution in [0.15, 0.2) is 10.0 Å². The van der Waals surface area contributed by atoms with Crippen LogP contribution in [0.5, 0.6) is 0 Å². The maximum Gasteiger partial charge on any atom is 0.118 e. The third-order valence-corrected chi connectivity index (χ3v) is 0.742. The second-order valence-corrected chi connectivity index (χ2v) is 1.62. The van der Waals surface area contributed by atoms with Crippen LogP contribution in [0.4, 0.5) is 0 Å². The van der Waals surface area contributed by atoms with Gasteiger partial charge in [-0.05, 0) is 0 Å². The van der Waals surface area contributed by atoms with Crippen LogP contribution in [0, 0.1) is 0 Å². The summed E-state index contributed by atoms with van der Waals surface area (Å²) in [6.45, 7) is 0. The molecule has 0 nitrogen and oxygen atoms in total. The molecule has 41 valence electrons. The Morgan fingerprint density at radius 1 is 1.29 bits per heavy atom. The molecule has 0 unspecified atom stereocenters. The number of rotatable bonds is 0. The molecule has 0 N–H and O–H groups in total. The van der Waals surface area contributed by atoms with Gasteiger partial charge in [-0.3, -0.25) is 0 Å². The summed E-state index contributed by atoms with van der Waals surface area (Å²) in [6.07, 6.45) is 0. The Bertz CT molecular complexity index is 50.9. The minimum absolute atomic E-state index is 0. The Balaban J connectivity index is -0.0000000800. The second-order valence-electron chi connectivity index (χ2n) is 0.399. The number of halogens is 3.